The first-order chi connectivity index (χ1) is 13.8. The van der Waals surface area contributed by atoms with E-state index in [9.17, 15) is 14.4 Å². The van der Waals surface area contributed by atoms with Crippen molar-refractivity contribution in [1.29, 1.82) is 0 Å². The number of unbranched alkanes of at least 4 members (excludes halogenated alkanes) is 10. The number of rotatable bonds is 20. The lowest BCUT2D eigenvalue weighted by Gasteiger charge is -2.34. The summed E-state index contributed by atoms with van der Waals surface area (Å²) >= 11 is 0. The van der Waals surface area contributed by atoms with Crippen LogP contribution in [0.4, 0.5) is 0 Å². The molecule has 0 saturated carbocycles. The van der Waals surface area contributed by atoms with E-state index in [-0.39, 0.29) is 6.54 Å². The van der Waals surface area contributed by atoms with Crippen molar-refractivity contribution in [3.8, 4) is 0 Å². The number of allylic oxidation sites excluding steroid dienone is 2. The summed E-state index contributed by atoms with van der Waals surface area (Å²) in [5.41, 5.74) is 0. The lowest BCUT2D eigenvalue weighted by molar-refractivity contribution is -0.907. The summed E-state index contributed by atoms with van der Waals surface area (Å²) in [5.74, 6) is -3.54. The fourth-order valence-corrected chi connectivity index (χ4v) is 3.61. The van der Waals surface area contributed by atoms with E-state index < -0.39 is 42.0 Å². The van der Waals surface area contributed by atoms with E-state index in [0.29, 0.717) is 6.42 Å². The molecule has 0 bridgehead atoms. The van der Waals surface area contributed by atoms with Crippen molar-refractivity contribution in [3.63, 3.8) is 0 Å². The second-order valence-corrected chi connectivity index (χ2v) is 7.95. The van der Waals surface area contributed by atoms with Gasteiger partial charge in [-0.3, -0.25) is 4.48 Å². The summed E-state index contributed by atoms with van der Waals surface area (Å²) in [6.07, 6.45) is 17.9. The van der Waals surface area contributed by atoms with E-state index in [4.69, 9.17) is 15.3 Å². The largest absolute Gasteiger partial charge is 0.477 e. The zero-order valence-electron chi connectivity index (χ0n) is 18.0. The minimum atomic E-state index is -1.18. The monoisotopic (exact) mass is 414 g/mol. The molecule has 0 amide bonds. The normalized spacial score (nSPS) is 11.8. The van der Waals surface area contributed by atoms with Gasteiger partial charge < -0.3 is 15.3 Å². The topological polar surface area (TPSA) is 112 Å². The first-order valence-electron chi connectivity index (χ1n) is 11.0. The zero-order chi connectivity index (χ0) is 22.0. The van der Waals surface area contributed by atoms with Gasteiger partial charge in [0, 0.05) is 0 Å². The molecule has 0 aliphatic rings. The maximum absolute atomic E-state index is 11.1. The second kappa shape index (κ2) is 17.0. The molecule has 7 nitrogen and oxygen atoms in total. The molecule has 0 radical (unpaired) electrons. The van der Waals surface area contributed by atoms with Gasteiger partial charge in [-0.2, -0.15) is 0 Å². The van der Waals surface area contributed by atoms with Crippen LogP contribution in [0.15, 0.2) is 12.2 Å². The number of aliphatic carboxylic acids is 3. The lowest BCUT2D eigenvalue weighted by atomic mass is 10.1. The Morgan fingerprint density at radius 1 is 0.621 bits per heavy atom. The lowest BCUT2D eigenvalue weighted by Crippen LogP contribution is -2.57. The van der Waals surface area contributed by atoms with E-state index in [1.165, 1.54) is 44.9 Å². The van der Waals surface area contributed by atoms with E-state index >= 15 is 0 Å². The third kappa shape index (κ3) is 16.7. The molecule has 29 heavy (non-hydrogen) atoms. The van der Waals surface area contributed by atoms with Crippen LogP contribution in [0.25, 0.3) is 0 Å². The van der Waals surface area contributed by atoms with Crippen LogP contribution in [-0.2, 0) is 14.4 Å². The molecule has 0 rings (SSSR count). The van der Waals surface area contributed by atoms with Crippen LogP contribution in [0, 0.1) is 0 Å². The fraction of sp³-hybridized carbons (Fsp3) is 0.773. The van der Waals surface area contributed by atoms with Crippen LogP contribution in [0.2, 0.25) is 0 Å². The average molecular weight is 415 g/mol. The first kappa shape index (κ1) is 27.1. The zero-order valence-corrected chi connectivity index (χ0v) is 18.0. The molecule has 0 aromatic heterocycles. The molecule has 7 heteroatoms. The van der Waals surface area contributed by atoms with Crippen LogP contribution in [-0.4, -0.2) is 63.9 Å². The van der Waals surface area contributed by atoms with Gasteiger partial charge >= 0.3 is 17.9 Å². The molecule has 0 aliphatic heterocycles. The molecule has 3 N–H and O–H groups in total. The van der Waals surface area contributed by atoms with Crippen LogP contribution in [0.1, 0.15) is 84.0 Å². The maximum atomic E-state index is 11.1. The SMILES string of the molecule is CCCCCCCCC/C=C/CCCCC[N+](CC(=O)O)(CC(=O)O)CC(=O)O. The summed E-state index contributed by atoms with van der Waals surface area (Å²) in [7, 11) is 0. The van der Waals surface area contributed by atoms with Crippen LogP contribution < -0.4 is 0 Å². The Kier molecular flexibility index (Phi) is 15.9. The summed E-state index contributed by atoms with van der Waals surface area (Å²) in [4.78, 5) is 33.3. The smallest absolute Gasteiger partial charge is 0.359 e. The predicted octanol–water partition coefficient (Wildman–Crippen LogP) is 4.31. The Hall–Kier alpha value is -1.89. The standard InChI is InChI=1S/C22H39NO6/c1-2-3-4-5-6-7-8-9-10-11-12-13-14-15-16-23(17-20(24)25,18-21(26)27)19-22(28)29/h10-11H,2-9,12-19H2,1H3,(H2-,24,25,26,27,28,29)/p+1/b11-10+. The van der Waals surface area contributed by atoms with Crippen molar-refractivity contribution in [2.24, 2.45) is 0 Å². The Morgan fingerprint density at radius 3 is 1.41 bits per heavy atom. The van der Waals surface area contributed by atoms with Crippen molar-refractivity contribution in [2.45, 2.75) is 84.0 Å². The number of hydrogen-bond acceptors (Lipinski definition) is 3. The molecule has 0 spiro atoms. The van der Waals surface area contributed by atoms with Gasteiger partial charge in [0.15, 0.2) is 19.6 Å². The minimum Gasteiger partial charge on any atom is -0.477 e. The number of carboxylic acids is 3. The van der Waals surface area contributed by atoms with Gasteiger partial charge in [0.2, 0.25) is 0 Å². The van der Waals surface area contributed by atoms with Gasteiger partial charge in [0.25, 0.3) is 0 Å². The quantitative estimate of drug-likeness (QED) is 0.155. The van der Waals surface area contributed by atoms with Crippen molar-refractivity contribution in [2.75, 3.05) is 26.2 Å². The molecule has 0 aromatic carbocycles. The van der Waals surface area contributed by atoms with Gasteiger partial charge in [-0.05, 0) is 38.5 Å². The Morgan fingerprint density at radius 2 is 1.00 bits per heavy atom. The predicted molar refractivity (Wildman–Crippen MR) is 113 cm³/mol. The van der Waals surface area contributed by atoms with Crippen LogP contribution in [0.5, 0.6) is 0 Å². The molecule has 0 unspecified atom stereocenters. The Labute approximate surface area is 175 Å². The Bertz CT molecular complexity index is 463. The molecular formula is C22H40NO6+. The number of carboxylic acid groups (broad SMARTS) is 3. The average Bonchev–Trinajstić information content (AvgIpc) is 2.60. The van der Waals surface area contributed by atoms with Crippen molar-refractivity contribution in [1.82, 2.24) is 0 Å². The van der Waals surface area contributed by atoms with Gasteiger partial charge in [-0.15, -0.1) is 0 Å². The van der Waals surface area contributed by atoms with E-state index in [2.05, 4.69) is 19.1 Å². The maximum Gasteiger partial charge on any atom is 0.359 e. The molecule has 0 heterocycles. The third-order valence-electron chi connectivity index (χ3n) is 5.06. The number of nitrogens with zero attached hydrogens (tertiary/aromatic N) is 1. The first-order valence-corrected chi connectivity index (χ1v) is 11.0. The second-order valence-electron chi connectivity index (χ2n) is 7.95. The van der Waals surface area contributed by atoms with Crippen LogP contribution >= 0.6 is 0 Å². The highest BCUT2D eigenvalue weighted by Crippen LogP contribution is 2.13. The minimum absolute atomic E-state index is 0.243. The van der Waals surface area contributed by atoms with Gasteiger partial charge in [0.05, 0.1) is 6.54 Å². The van der Waals surface area contributed by atoms with Crippen LogP contribution in [0.3, 0.4) is 0 Å². The Balaban J connectivity index is 4.06. The number of carbonyl (C=O) groups is 3. The van der Waals surface area contributed by atoms with Gasteiger partial charge in [-0.25, -0.2) is 14.4 Å². The summed E-state index contributed by atoms with van der Waals surface area (Å²) in [6, 6.07) is 0. The van der Waals surface area contributed by atoms with Crippen molar-refractivity contribution < 1.29 is 34.2 Å². The van der Waals surface area contributed by atoms with Crippen molar-refractivity contribution in [3.05, 3.63) is 12.2 Å². The summed E-state index contributed by atoms with van der Waals surface area (Å²) < 4.78 is -0.450. The molecule has 0 saturated heterocycles. The highest BCUT2D eigenvalue weighted by Gasteiger charge is 2.35. The summed E-state index contributed by atoms with van der Waals surface area (Å²) in [6.45, 7) is 1.000. The molecule has 0 aromatic rings. The molecule has 0 aliphatic carbocycles. The van der Waals surface area contributed by atoms with E-state index in [0.717, 1.165) is 25.7 Å². The molecular weight excluding hydrogens is 374 g/mol. The number of quaternary nitrogens is 1. The summed E-state index contributed by atoms with van der Waals surface area (Å²) in [5, 5.41) is 27.2. The van der Waals surface area contributed by atoms with E-state index in [1.807, 2.05) is 0 Å². The fourth-order valence-electron chi connectivity index (χ4n) is 3.61. The van der Waals surface area contributed by atoms with Crippen molar-refractivity contribution >= 4 is 17.9 Å². The van der Waals surface area contributed by atoms with Gasteiger partial charge in [-0.1, -0.05) is 57.6 Å². The number of hydrogen-bond donors (Lipinski definition) is 3. The third-order valence-corrected chi connectivity index (χ3v) is 5.06. The highest BCUT2D eigenvalue weighted by atomic mass is 16.4. The van der Waals surface area contributed by atoms with E-state index in [1.54, 1.807) is 0 Å². The molecule has 0 atom stereocenters. The molecule has 168 valence electrons. The highest BCUT2D eigenvalue weighted by molar-refractivity contribution is 5.73. The molecule has 0 fully saturated rings. The van der Waals surface area contributed by atoms with Gasteiger partial charge in [0.1, 0.15) is 0 Å².